The van der Waals surface area contributed by atoms with E-state index in [1.165, 1.54) is 0 Å². The summed E-state index contributed by atoms with van der Waals surface area (Å²) in [4.78, 5) is 16.1. The van der Waals surface area contributed by atoms with E-state index < -0.39 is 0 Å². The number of hydrogen-bond acceptors (Lipinski definition) is 4. The quantitative estimate of drug-likeness (QED) is 0.729. The Morgan fingerprint density at radius 1 is 1.33 bits per heavy atom. The standard InChI is InChI=1S/C17H20N6O/c1-3-23-11-14(12(2)22-23)4-5-17(24)19-16-10-15(20-21-16)13-6-8-18-9-7-13/h6-11H,3-5H2,1-2H3,(H2,19,20,21,24). The second kappa shape index (κ2) is 7.08. The van der Waals surface area contributed by atoms with Crippen LogP contribution in [-0.2, 0) is 17.8 Å². The molecule has 3 rings (SSSR count). The summed E-state index contributed by atoms with van der Waals surface area (Å²) in [6.07, 6.45) is 6.49. The van der Waals surface area contributed by atoms with Gasteiger partial charge in [-0.25, -0.2) is 0 Å². The Bertz CT molecular complexity index is 821. The van der Waals surface area contributed by atoms with Crippen molar-refractivity contribution in [1.82, 2.24) is 25.0 Å². The highest BCUT2D eigenvalue weighted by molar-refractivity contribution is 5.90. The molecule has 24 heavy (non-hydrogen) atoms. The smallest absolute Gasteiger partial charge is 0.225 e. The second-order valence-electron chi connectivity index (χ2n) is 5.55. The van der Waals surface area contributed by atoms with Gasteiger partial charge in [0.2, 0.25) is 5.91 Å². The molecule has 0 bridgehead atoms. The molecule has 3 heterocycles. The molecule has 0 saturated carbocycles. The molecule has 0 fully saturated rings. The molecule has 0 saturated heterocycles. The summed E-state index contributed by atoms with van der Waals surface area (Å²) < 4.78 is 1.89. The van der Waals surface area contributed by atoms with Crippen LogP contribution in [0.2, 0.25) is 0 Å². The molecular weight excluding hydrogens is 304 g/mol. The highest BCUT2D eigenvalue weighted by Crippen LogP contribution is 2.18. The predicted molar refractivity (Wildman–Crippen MR) is 91.4 cm³/mol. The number of aromatic amines is 1. The lowest BCUT2D eigenvalue weighted by Crippen LogP contribution is -2.12. The van der Waals surface area contributed by atoms with Crippen molar-refractivity contribution >= 4 is 11.7 Å². The van der Waals surface area contributed by atoms with Crippen LogP contribution in [0.3, 0.4) is 0 Å². The average Bonchev–Trinajstić information content (AvgIpc) is 3.20. The number of nitrogens with zero attached hydrogens (tertiary/aromatic N) is 4. The molecule has 7 nitrogen and oxygen atoms in total. The van der Waals surface area contributed by atoms with E-state index in [1.807, 2.05) is 42.9 Å². The Balaban J connectivity index is 1.57. The number of amides is 1. The largest absolute Gasteiger partial charge is 0.309 e. The molecule has 0 aliphatic carbocycles. The van der Waals surface area contributed by atoms with Crippen molar-refractivity contribution in [3.63, 3.8) is 0 Å². The summed E-state index contributed by atoms with van der Waals surface area (Å²) in [7, 11) is 0. The van der Waals surface area contributed by atoms with Crippen LogP contribution in [0.4, 0.5) is 5.82 Å². The highest BCUT2D eigenvalue weighted by atomic mass is 16.1. The molecule has 1 amide bonds. The van der Waals surface area contributed by atoms with Gasteiger partial charge in [-0.15, -0.1) is 0 Å². The van der Waals surface area contributed by atoms with Crippen molar-refractivity contribution in [2.45, 2.75) is 33.2 Å². The fourth-order valence-corrected chi connectivity index (χ4v) is 2.49. The van der Waals surface area contributed by atoms with Gasteiger partial charge in [0, 0.05) is 43.2 Å². The van der Waals surface area contributed by atoms with Crippen molar-refractivity contribution in [3.8, 4) is 11.3 Å². The minimum absolute atomic E-state index is 0.0635. The van der Waals surface area contributed by atoms with Crippen LogP contribution >= 0.6 is 0 Å². The van der Waals surface area contributed by atoms with Crippen molar-refractivity contribution in [3.05, 3.63) is 48.0 Å². The first-order chi connectivity index (χ1) is 11.7. The van der Waals surface area contributed by atoms with E-state index in [1.54, 1.807) is 12.4 Å². The number of H-pyrrole nitrogens is 1. The van der Waals surface area contributed by atoms with Gasteiger partial charge >= 0.3 is 0 Å². The summed E-state index contributed by atoms with van der Waals surface area (Å²) in [6.45, 7) is 4.84. The molecule has 0 spiro atoms. The van der Waals surface area contributed by atoms with E-state index in [-0.39, 0.29) is 5.91 Å². The lowest BCUT2D eigenvalue weighted by Gasteiger charge is -2.01. The number of hydrogen-bond donors (Lipinski definition) is 2. The third kappa shape index (κ3) is 3.68. The van der Waals surface area contributed by atoms with Gasteiger partial charge in [-0.3, -0.25) is 19.6 Å². The van der Waals surface area contributed by atoms with Crippen LogP contribution in [0.15, 0.2) is 36.8 Å². The van der Waals surface area contributed by atoms with E-state index in [9.17, 15) is 4.79 Å². The third-order valence-electron chi connectivity index (χ3n) is 3.83. The van der Waals surface area contributed by atoms with E-state index in [0.717, 1.165) is 29.1 Å². The van der Waals surface area contributed by atoms with Gasteiger partial charge in [0.25, 0.3) is 0 Å². The molecule has 0 radical (unpaired) electrons. The number of carbonyl (C=O) groups is 1. The fraction of sp³-hybridized carbons (Fsp3) is 0.294. The van der Waals surface area contributed by atoms with E-state index >= 15 is 0 Å². The Kier molecular flexibility index (Phi) is 4.69. The van der Waals surface area contributed by atoms with Gasteiger partial charge in [-0.1, -0.05) is 0 Å². The van der Waals surface area contributed by atoms with Gasteiger partial charge in [0.1, 0.15) is 0 Å². The number of nitrogens with one attached hydrogen (secondary N) is 2. The maximum atomic E-state index is 12.1. The molecule has 3 aromatic heterocycles. The first-order valence-electron chi connectivity index (χ1n) is 7.94. The van der Waals surface area contributed by atoms with E-state index in [4.69, 9.17) is 0 Å². The number of carbonyl (C=O) groups excluding carboxylic acids is 1. The van der Waals surface area contributed by atoms with Gasteiger partial charge in [0.05, 0.1) is 11.4 Å². The zero-order valence-electron chi connectivity index (χ0n) is 13.8. The molecule has 0 atom stereocenters. The van der Waals surface area contributed by atoms with Gasteiger partial charge in [-0.2, -0.15) is 10.2 Å². The van der Waals surface area contributed by atoms with E-state index in [2.05, 4.69) is 25.6 Å². The van der Waals surface area contributed by atoms with Gasteiger partial charge in [0.15, 0.2) is 5.82 Å². The number of aryl methyl sites for hydroxylation is 3. The Hall–Kier alpha value is -2.96. The first-order valence-corrected chi connectivity index (χ1v) is 7.94. The molecule has 7 heteroatoms. The second-order valence-corrected chi connectivity index (χ2v) is 5.55. The molecule has 0 unspecified atom stereocenters. The molecule has 0 aliphatic rings. The van der Waals surface area contributed by atoms with Crippen molar-refractivity contribution in [2.75, 3.05) is 5.32 Å². The van der Waals surface area contributed by atoms with Crippen LogP contribution in [0.25, 0.3) is 11.3 Å². The molecule has 2 N–H and O–H groups in total. The van der Waals surface area contributed by atoms with Crippen molar-refractivity contribution in [2.24, 2.45) is 0 Å². The van der Waals surface area contributed by atoms with Crippen LogP contribution in [0.1, 0.15) is 24.6 Å². The Morgan fingerprint density at radius 3 is 2.83 bits per heavy atom. The zero-order valence-corrected chi connectivity index (χ0v) is 13.8. The normalized spacial score (nSPS) is 10.8. The molecule has 0 aliphatic heterocycles. The maximum Gasteiger partial charge on any atom is 0.225 e. The van der Waals surface area contributed by atoms with Crippen LogP contribution in [-0.4, -0.2) is 30.9 Å². The Labute approximate surface area is 140 Å². The third-order valence-corrected chi connectivity index (χ3v) is 3.83. The summed E-state index contributed by atoms with van der Waals surface area (Å²) in [5.41, 5.74) is 3.89. The molecule has 3 aromatic rings. The summed E-state index contributed by atoms with van der Waals surface area (Å²) >= 11 is 0. The highest BCUT2D eigenvalue weighted by Gasteiger charge is 2.10. The minimum Gasteiger partial charge on any atom is -0.309 e. The maximum absolute atomic E-state index is 12.1. The minimum atomic E-state index is -0.0635. The number of anilines is 1. The van der Waals surface area contributed by atoms with Crippen molar-refractivity contribution < 1.29 is 4.79 Å². The fourth-order valence-electron chi connectivity index (χ4n) is 2.49. The predicted octanol–water partition coefficient (Wildman–Crippen LogP) is 2.57. The van der Waals surface area contributed by atoms with Gasteiger partial charge in [-0.05, 0) is 38.0 Å². The van der Waals surface area contributed by atoms with Crippen LogP contribution in [0.5, 0.6) is 0 Å². The monoisotopic (exact) mass is 324 g/mol. The number of rotatable bonds is 6. The van der Waals surface area contributed by atoms with Gasteiger partial charge < -0.3 is 5.32 Å². The molecular formula is C17H20N6O. The Morgan fingerprint density at radius 2 is 2.12 bits per heavy atom. The lowest BCUT2D eigenvalue weighted by atomic mass is 10.1. The lowest BCUT2D eigenvalue weighted by molar-refractivity contribution is -0.116. The number of pyridine rings is 1. The molecule has 124 valence electrons. The number of aromatic nitrogens is 5. The molecule has 0 aromatic carbocycles. The van der Waals surface area contributed by atoms with Crippen LogP contribution in [0, 0.1) is 6.92 Å². The van der Waals surface area contributed by atoms with Crippen molar-refractivity contribution in [1.29, 1.82) is 0 Å². The zero-order chi connectivity index (χ0) is 16.9. The van der Waals surface area contributed by atoms with Crippen LogP contribution < -0.4 is 5.32 Å². The summed E-state index contributed by atoms with van der Waals surface area (Å²) in [5.74, 6) is 0.458. The average molecular weight is 324 g/mol. The van der Waals surface area contributed by atoms with E-state index in [0.29, 0.717) is 18.7 Å². The SMILES string of the molecule is CCn1cc(CCC(=O)Nc2cc(-c3ccncc3)[nH]n2)c(C)n1. The summed E-state index contributed by atoms with van der Waals surface area (Å²) in [5, 5.41) is 14.3. The first kappa shape index (κ1) is 15.9. The summed E-state index contributed by atoms with van der Waals surface area (Å²) in [6, 6.07) is 5.58. The topological polar surface area (TPSA) is 88.5 Å².